The number of fused-ring (bicyclic) bond motifs is 1. The minimum absolute atomic E-state index is 0.0307. The van der Waals surface area contributed by atoms with Gasteiger partial charge in [0.25, 0.3) is 0 Å². The van der Waals surface area contributed by atoms with Gasteiger partial charge >= 0.3 is 0 Å². The minimum atomic E-state index is -2.58. The van der Waals surface area contributed by atoms with E-state index >= 15 is 0 Å². The average molecular weight is 468 g/mol. The first-order valence-electron chi connectivity index (χ1n) is 11.3. The van der Waals surface area contributed by atoms with Crippen LogP contribution in [-0.2, 0) is 9.36 Å². The first-order valence-corrected chi connectivity index (χ1v) is 13.4. The van der Waals surface area contributed by atoms with E-state index in [-0.39, 0.29) is 5.91 Å². The number of ether oxygens (including phenoxy) is 1. The Labute approximate surface area is 192 Å². The maximum absolute atomic E-state index is 13.6. The van der Waals surface area contributed by atoms with Crippen LogP contribution >= 0.6 is 7.14 Å². The van der Waals surface area contributed by atoms with Gasteiger partial charge in [0.1, 0.15) is 24.4 Å². The summed E-state index contributed by atoms with van der Waals surface area (Å²) in [6.07, 6.45) is 5.22. The van der Waals surface area contributed by atoms with Crippen molar-refractivity contribution in [1.29, 1.82) is 0 Å². The molecule has 10 heteroatoms. The molecule has 5 rings (SSSR count). The van der Waals surface area contributed by atoms with Crippen LogP contribution in [0.5, 0.6) is 5.75 Å². The summed E-state index contributed by atoms with van der Waals surface area (Å²) in [5.74, 6) is 1.89. The molecule has 1 aliphatic carbocycles. The van der Waals surface area contributed by atoms with Crippen molar-refractivity contribution in [3.8, 4) is 5.75 Å². The summed E-state index contributed by atoms with van der Waals surface area (Å²) in [7, 11) is -0.986. The van der Waals surface area contributed by atoms with Crippen molar-refractivity contribution in [1.82, 2.24) is 19.9 Å². The van der Waals surface area contributed by atoms with Gasteiger partial charge in [-0.25, -0.2) is 0 Å². The molecule has 1 saturated heterocycles. The molecule has 2 aromatic heterocycles. The van der Waals surface area contributed by atoms with Gasteiger partial charge < -0.3 is 29.8 Å². The van der Waals surface area contributed by atoms with Crippen LogP contribution < -0.4 is 20.7 Å². The van der Waals surface area contributed by atoms with Gasteiger partial charge in [-0.05, 0) is 43.5 Å². The molecule has 1 saturated carbocycles. The van der Waals surface area contributed by atoms with Crippen molar-refractivity contribution in [2.75, 3.05) is 43.2 Å². The lowest BCUT2D eigenvalue weighted by Gasteiger charge is -2.32. The van der Waals surface area contributed by atoms with Crippen molar-refractivity contribution in [2.45, 2.75) is 32.7 Å². The van der Waals surface area contributed by atoms with Gasteiger partial charge in [-0.1, -0.05) is 0 Å². The number of nitrogens with one attached hydrogen (secondary N) is 3. The predicted octanol–water partition coefficient (Wildman–Crippen LogP) is 3.44. The lowest BCUT2D eigenvalue weighted by atomic mass is 10.2. The molecular weight excluding hydrogens is 439 g/mol. The first kappa shape index (κ1) is 21.8. The number of carbonyl (C=O) groups is 1. The van der Waals surface area contributed by atoms with E-state index in [9.17, 15) is 9.36 Å². The van der Waals surface area contributed by atoms with E-state index < -0.39 is 7.14 Å². The number of rotatable bonds is 6. The normalized spacial score (nSPS) is 17.7. The molecule has 2 aliphatic rings. The fourth-order valence-electron chi connectivity index (χ4n) is 4.29. The zero-order chi connectivity index (χ0) is 23.2. The number of nitrogens with zero attached hydrogens (tertiary/aromatic N) is 3. The van der Waals surface area contributed by atoms with E-state index in [0.29, 0.717) is 48.8 Å². The summed E-state index contributed by atoms with van der Waals surface area (Å²) in [6.45, 7) is 4.64. The Balaban J connectivity index is 1.42. The van der Waals surface area contributed by atoms with Crippen molar-refractivity contribution < 1.29 is 14.1 Å². The summed E-state index contributed by atoms with van der Waals surface area (Å²) in [4.78, 5) is 26.0. The molecule has 0 atom stereocenters. The van der Waals surface area contributed by atoms with Crippen LogP contribution in [0.25, 0.3) is 11.0 Å². The van der Waals surface area contributed by atoms with Crippen LogP contribution in [0.1, 0.15) is 25.3 Å². The molecule has 174 valence electrons. The zero-order valence-corrected chi connectivity index (χ0v) is 20.0. The summed E-state index contributed by atoms with van der Waals surface area (Å²) in [5.41, 5.74) is 2.57. The predicted molar refractivity (Wildman–Crippen MR) is 131 cm³/mol. The van der Waals surface area contributed by atoms with Crippen LogP contribution in [0, 0.1) is 6.92 Å². The molecule has 3 N–H and O–H groups in total. The minimum Gasteiger partial charge on any atom is -0.495 e. The second-order valence-electron chi connectivity index (χ2n) is 8.86. The summed E-state index contributed by atoms with van der Waals surface area (Å²) >= 11 is 0. The van der Waals surface area contributed by atoms with Crippen LogP contribution in [-0.4, -0.2) is 64.3 Å². The lowest BCUT2D eigenvalue weighted by molar-refractivity contribution is -0.128. The lowest BCUT2D eigenvalue weighted by Crippen LogP contribution is -2.39. The molecule has 1 amide bonds. The summed E-state index contributed by atoms with van der Waals surface area (Å²) in [5, 5.41) is 8.56. The SMILES string of the molecule is COc1cc(P2(=O)CCN(C(C)=O)CC2)ccc1Nc1nc(NC2CC2)c2c(C)c[nH]c2n1. The Morgan fingerprint density at radius 1 is 1.24 bits per heavy atom. The Hall–Kier alpha value is -3.06. The third-order valence-electron chi connectivity index (χ3n) is 6.46. The van der Waals surface area contributed by atoms with Gasteiger partial charge in [0, 0.05) is 49.9 Å². The highest BCUT2D eigenvalue weighted by molar-refractivity contribution is 7.71. The van der Waals surface area contributed by atoms with E-state index in [1.54, 1.807) is 18.9 Å². The van der Waals surface area contributed by atoms with E-state index in [4.69, 9.17) is 9.72 Å². The number of carbonyl (C=O) groups excluding carboxylic acids is 1. The third kappa shape index (κ3) is 4.29. The van der Waals surface area contributed by atoms with E-state index in [0.717, 1.165) is 40.6 Å². The number of anilines is 3. The third-order valence-corrected chi connectivity index (χ3v) is 9.52. The number of aromatic nitrogens is 3. The van der Waals surface area contributed by atoms with Crippen LogP contribution in [0.15, 0.2) is 24.4 Å². The number of aromatic amines is 1. The highest BCUT2D eigenvalue weighted by Crippen LogP contribution is 2.47. The molecule has 1 aliphatic heterocycles. The number of hydrogen-bond acceptors (Lipinski definition) is 7. The summed E-state index contributed by atoms with van der Waals surface area (Å²) < 4.78 is 19.2. The second-order valence-corrected chi connectivity index (χ2v) is 12.1. The fourth-order valence-corrected chi connectivity index (χ4v) is 6.85. The van der Waals surface area contributed by atoms with Gasteiger partial charge in [0.05, 0.1) is 18.2 Å². The Morgan fingerprint density at radius 3 is 2.67 bits per heavy atom. The standard InChI is InChI=1S/C23H29N6O3P/c1-14-13-24-21-20(14)22(25-16-4-5-16)28-23(27-21)26-18-7-6-17(12-19(18)32-3)33(31)10-8-29(9-11-33)15(2)30/h6-7,12-13,16H,4-5,8-11H2,1-3H3,(H3,24,25,26,27,28). The van der Waals surface area contributed by atoms with E-state index in [1.165, 1.54) is 0 Å². The molecule has 33 heavy (non-hydrogen) atoms. The molecule has 9 nitrogen and oxygen atoms in total. The molecule has 0 bridgehead atoms. The maximum Gasteiger partial charge on any atom is 0.231 e. The number of hydrogen-bond donors (Lipinski definition) is 3. The van der Waals surface area contributed by atoms with E-state index in [1.807, 2.05) is 31.3 Å². The molecule has 0 radical (unpaired) electrons. The van der Waals surface area contributed by atoms with Gasteiger partial charge in [-0.15, -0.1) is 0 Å². The maximum atomic E-state index is 13.6. The van der Waals surface area contributed by atoms with Crippen LogP contribution in [0.4, 0.5) is 17.5 Å². The van der Waals surface area contributed by atoms with Crippen molar-refractivity contribution in [3.63, 3.8) is 0 Å². The monoisotopic (exact) mass is 468 g/mol. The van der Waals surface area contributed by atoms with E-state index in [2.05, 4.69) is 20.6 Å². The number of benzene rings is 1. The molecule has 3 aromatic rings. The molecule has 1 aromatic carbocycles. The van der Waals surface area contributed by atoms with Crippen LogP contribution in [0.2, 0.25) is 0 Å². The van der Waals surface area contributed by atoms with Gasteiger partial charge in [-0.2, -0.15) is 9.97 Å². The van der Waals surface area contributed by atoms with Gasteiger partial charge in [-0.3, -0.25) is 4.79 Å². The van der Waals surface area contributed by atoms with Crippen molar-refractivity contribution >= 4 is 46.8 Å². The van der Waals surface area contributed by atoms with Crippen LogP contribution in [0.3, 0.4) is 0 Å². The molecule has 0 spiro atoms. The second kappa shape index (κ2) is 8.37. The largest absolute Gasteiger partial charge is 0.495 e. The molecule has 2 fully saturated rings. The van der Waals surface area contributed by atoms with Crippen molar-refractivity contribution in [2.24, 2.45) is 0 Å². The fraction of sp³-hybridized carbons (Fsp3) is 0.435. The highest BCUT2D eigenvalue weighted by Gasteiger charge is 2.32. The smallest absolute Gasteiger partial charge is 0.231 e. The number of amides is 1. The van der Waals surface area contributed by atoms with Gasteiger partial charge in [0.15, 0.2) is 0 Å². The highest BCUT2D eigenvalue weighted by atomic mass is 31.2. The number of methoxy groups -OCH3 is 1. The molecule has 3 heterocycles. The summed E-state index contributed by atoms with van der Waals surface area (Å²) in [6, 6.07) is 6.06. The Kier molecular flexibility index (Phi) is 5.52. The topological polar surface area (TPSA) is 112 Å². The molecule has 0 unspecified atom stereocenters. The first-order chi connectivity index (χ1) is 15.9. The quantitative estimate of drug-likeness (QED) is 0.475. The van der Waals surface area contributed by atoms with Crippen molar-refractivity contribution in [3.05, 3.63) is 30.0 Å². The van der Waals surface area contributed by atoms with Gasteiger partial charge in [0.2, 0.25) is 11.9 Å². The zero-order valence-electron chi connectivity index (χ0n) is 19.1. The Morgan fingerprint density at radius 2 is 2.00 bits per heavy atom. The molecular formula is C23H29N6O3P. The Bertz CT molecular complexity index is 1260. The average Bonchev–Trinajstić information content (AvgIpc) is 3.54. The number of aryl methyl sites for hydroxylation is 1. The number of H-pyrrole nitrogens is 1.